The van der Waals surface area contributed by atoms with Gasteiger partial charge in [-0.15, -0.1) is 12.4 Å². The fraction of sp³-hybridized carbons (Fsp3) is 0.611. The van der Waals surface area contributed by atoms with Gasteiger partial charge in [-0.1, -0.05) is 6.42 Å². The van der Waals surface area contributed by atoms with Crippen molar-refractivity contribution in [3.05, 3.63) is 23.3 Å². The molecule has 1 heterocycles. The highest BCUT2D eigenvalue weighted by molar-refractivity contribution is 7.89. The van der Waals surface area contributed by atoms with Crippen LogP contribution in [0.15, 0.2) is 17.0 Å². The Morgan fingerprint density at radius 2 is 2.00 bits per heavy atom. The summed E-state index contributed by atoms with van der Waals surface area (Å²) in [5.74, 6) is 0.526. The summed E-state index contributed by atoms with van der Waals surface area (Å²) in [5, 5.41) is 2.81. The van der Waals surface area contributed by atoms with Gasteiger partial charge in [-0.05, 0) is 49.9 Å². The van der Waals surface area contributed by atoms with Gasteiger partial charge >= 0.3 is 0 Å². The Kier molecular flexibility index (Phi) is 9.01. The third-order valence-electron chi connectivity index (χ3n) is 4.76. The number of carbonyl (C=O) groups excluding carboxylic acids is 1. The molecule has 9 heteroatoms. The van der Waals surface area contributed by atoms with E-state index in [1.165, 1.54) is 4.31 Å². The predicted octanol–water partition coefficient (Wildman–Crippen LogP) is 1.74. The maximum atomic E-state index is 13.3. The number of aryl methyl sites for hydroxylation is 2. The van der Waals surface area contributed by atoms with Gasteiger partial charge in [0.05, 0.1) is 12.0 Å². The number of hydrogen-bond acceptors (Lipinski definition) is 5. The van der Waals surface area contributed by atoms with Crippen LogP contribution in [0.5, 0.6) is 5.75 Å². The highest BCUT2D eigenvalue weighted by atomic mass is 35.5. The number of nitrogens with two attached hydrogens (primary N) is 1. The Morgan fingerprint density at radius 1 is 1.30 bits per heavy atom. The molecule has 0 aromatic heterocycles. The normalized spacial score (nSPS) is 17.9. The van der Waals surface area contributed by atoms with Crippen molar-refractivity contribution in [1.82, 2.24) is 9.62 Å². The molecule has 154 valence electrons. The van der Waals surface area contributed by atoms with Crippen LogP contribution in [-0.4, -0.2) is 51.4 Å². The zero-order valence-corrected chi connectivity index (χ0v) is 17.8. The monoisotopic (exact) mass is 419 g/mol. The number of halogens is 1. The number of nitrogens with zero attached hydrogens (tertiary/aromatic N) is 1. The van der Waals surface area contributed by atoms with E-state index in [2.05, 4.69) is 5.32 Å². The first-order valence-electron chi connectivity index (χ1n) is 8.95. The van der Waals surface area contributed by atoms with E-state index >= 15 is 0 Å². The third kappa shape index (κ3) is 5.57. The number of methoxy groups -OCH3 is 1. The Labute approximate surface area is 168 Å². The van der Waals surface area contributed by atoms with Gasteiger partial charge in [0.15, 0.2) is 0 Å². The van der Waals surface area contributed by atoms with Crippen LogP contribution in [0.2, 0.25) is 0 Å². The predicted molar refractivity (Wildman–Crippen MR) is 108 cm³/mol. The van der Waals surface area contributed by atoms with Crippen molar-refractivity contribution in [2.75, 3.05) is 26.7 Å². The first-order chi connectivity index (χ1) is 12.3. The Balaban J connectivity index is 0.00000364. The molecule has 1 aromatic rings. The number of ether oxygens (including phenoxy) is 1. The molecule has 0 saturated carbocycles. The zero-order chi connectivity index (χ0) is 19.3. The van der Waals surface area contributed by atoms with E-state index in [1.54, 1.807) is 26.2 Å². The molecule has 7 nitrogen and oxygen atoms in total. The molecule has 0 spiro atoms. The number of benzene rings is 1. The molecule has 1 aliphatic rings. The van der Waals surface area contributed by atoms with Gasteiger partial charge in [-0.3, -0.25) is 4.79 Å². The molecule has 2 rings (SSSR count). The lowest BCUT2D eigenvalue weighted by Crippen LogP contribution is -2.49. The van der Waals surface area contributed by atoms with Crippen LogP contribution in [0.1, 0.15) is 36.8 Å². The van der Waals surface area contributed by atoms with Crippen molar-refractivity contribution in [2.24, 2.45) is 5.73 Å². The molecule has 27 heavy (non-hydrogen) atoms. The van der Waals surface area contributed by atoms with Crippen LogP contribution in [-0.2, 0) is 14.8 Å². The smallest absolute Gasteiger partial charge is 0.243 e. The Hall–Kier alpha value is -1.35. The number of nitrogens with one attached hydrogen (secondary N) is 1. The van der Waals surface area contributed by atoms with E-state index in [9.17, 15) is 13.2 Å². The second kappa shape index (κ2) is 10.3. The molecular formula is C18H30ClN3O4S. The lowest BCUT2D eigenvalue weighted by Gasteiger charge is -2.35. The summed E-state index contributed by atoms with van der Waals surface area (Å²) < 4.78 is 33.4. The zero-order valence-electron chi connectivity index (χ0n) is 16.2. The molecule has 0 radical (unpaired) electrons. The fourth-order valence-corrected chi connectivity index (χ4v) is 5.32. The highest BCUT2D eigenvalue weighted by Crippen LogP contribution is 2.30. The summed E-state index contributed by atoms with van der Waals surface area (Å²) in [6, 6.07) is 3.18. The van der Waals surface area contributed by atoms with Gasteiger partial charge in [0.25, 0.3) is 0 Å². The van der Waals surface area contributed by atoms with Gasteiger partial charge in [0, 0.05) is 32.1 Å². The SMILES string of the molecule is COc1cc(C)c(S(=O)(=O)N2CCCCC2CNC(=O)CCN)cc1C.Cl. The van der Waals surface area contributed by atoms with E-state index in [0.29, 0.717) is 29.3 Å². The molecule has 0 bridgehead atoms. The summed E-state index contributed by atoms with van der Waals surface area (Å²) in [7, 11) is -2.08. The molecule has 1 unspecified atom stereocenters. The number of hydrogen-bond donors (Lipinski definition) is 2. The van der Waals surface area contributed by atoms with Gasteiger partial charge in [0.2, 0.25) is 15.9 Å². The molecule has 1 aliphatic heterocycles. The molecule has 1 fully saturated rings. The van der Waals surface area contributed by atoms with E-state index in [0.717, 1.165) is 24.8 Å². The van der Waals surface area contributed by atoms with Crippen LogP contribution in [0.3, 0.4) is 0 Å². The summed E-state index contributed by atoms with van der Waals surface area (Å²) >= 11 is 0. The summed E-state index contributed by atoms with van der Waals surface area (Å²) in [6.45, 7) is 4.66. The number of sulfonamides is 1. The van der Waals surface area contributed by atoms with Crippen molar-refractivity contribution >= 4 is 28.3 Å². The van der Waals surface area contributed by atoms with Crippen LogP contribution in [0, 0.1) is 13.8 Å². The van der Waals surface area contributed by atoms with Crippen molar-refractivity contribution in [1.29, 1.82) is 0 Å². The largest absolute Gasteiger partial charge is 0.496 e. The quantitative estimate of drug-likeness (QED) is 0.700. The minimum absolute atomic E-state index is 0. The number of carbonyl (C=O) groups is 1. The number of piperidine rings is 1. The molecule has 1 atom stereocenters. The Morgan fingerprint density at radius 3 is 2.63 bits per heavy atom. The van der Waals surface area contributed by atoms with Crippen LogP contribution in [0.4, 0.5) is 0 Å². The average Bonchev–Trinajstić information content (AvgIpc) is 2.62. The summed E-state index contributed by atoms with van der Waals surface area (Å²) in [4.78, 5) is 12.0. The van der Waals surface area contributed by atoms with Crippen molar-refractivity contribution in [2.45, 2.75) is 50.5 Å². The van der Waals surface area contributed by atoms with Crippen LogP contribution >= 0.6 is 12.4 Å². The lowest BCUT2D eigenvalue weighted by atomic mass is 10.1. The van der Waals surface area contributed by atoms with Gasteiger partial charge < -0.3 is 15.8 Å². The fourth-order valence-electron chi connectivity index (χ4n) is 3.33. The van der Waals surface area contributed by atoms with E-state index in [-0.39, 0.29) is 37.3 Å². The second-order valence-electron chi connectivity index (χ2n) is 6.70. The molecular weight excluding hydrogens is 390 g/mol. The standard InChI is InChI=1S/C18H29N3O4S.ClH/c1-13-11-17(14(2)10-16(13)25-3)26(23,24)21-9-5-4-6-15(21)12-20-18(22)7-8-19;/h10-11,15H,4-9,12,19H2,1-3H3,(H,20,22);1H. The van der Waals surface area contributed by atoms with Crippen LogP contribution in [0.25, 0.3) is 0 Å². The number of rotatable bonds is 7. The first kappa shape index (κ1) is 23.7. The average molecular weight is 420 g/mol. The molecule has 0 aliphatic carbocycles. The van der Waals surface area contributed by atoms with Crippen molar-refractivity contribution in [3.63, 3.8) is 0 Å². The summed E-state index contributed by atoms with van der Waals surface area (Å²) in [5.41, 5.74) is 6.82. The minimum atomic E-state index is -3.65. The topological polar surface area (TPSA) is 102 Å². The third-order valence-corrected chi connectivity index (χ3v) is 6.85. The van der Waals surface area contributed by atoms with E-state index in [4.69, 9.17) is 10.5 Å². The van der Waals surface area contributed by atoms with Crippen LogP contribution < -0.4 is 15.8 Å². The molecule has 1 saturated heterocycles. The van der Waals surface area contributed by atoms with Crippen molar-refractivity contribution < 1.29 is 17.9 Å². The maximum Gasteiger partial charge on any atom is 0.243 e. The highest BCUT2D eigenvalue weighted by Gasteiger charge is 2.34. The lowest BCUT2D eigenvalue weighted by molar-refractivity contribution is -0.121. The molecule has 3 N–H and O–H groups in total. The van der Waals surface area contributed by atoms with Gasteiger partial charge in [-0.2, -0.15) is 4.31 Å². The molecule has 1 aromatic carbocycles. The summed E-state index contributed by atoms with van der Waals surface area (Å²) in [6.07, 6.45) is 2.75. The van der Waals surface area contributed by atoms with Gasteiger partial charge in [-0.25, -0.2) is 8.42 Å². The van der Waals surface area contributed by atoms with E-state index < -0.39 is 10.0 Å². The number of amides is 1. The second-order valence-corrected chi connectivity index (χ2v) is 8.55. The Bertz CT molecular complexity index is 755. The van der Waals surface area contributed by atoms with E-state index in [1.807, 2.05) is 6.92 Å². The molecule has 1 amide bonds. The first-order valence-corrected chi connectivity index (χ1v) is 10.4. The van der Waals surface area contributed by atoms with Gasteiger partial charge in [0.1, 0.15) is 5.75 Å². The maximum absolute atomic E-state index is 13.3. The minimum Gasteiger partial charge on any atom is -0.496 e. The van der Waals surface area contributed by atoms with Crippen molar-refractivity contribution in [3.8, 4) is 5.75 Å².